The number of non-ortho nitro benzene ring substituents is 1. The van der Waals surface area contributed by atoms with Crippen LogP contribution in [0, 0.1) is 17.0 Å². The van der Waals surface area contributed by atoms with Crippen molar-refractivity contribution in [2.45, 2.75) is 6.92 Å². The summed E-state index contributed by atoms with van der Waals surface area (Å²) in [4.78, 5) is 36.6. The van der Waals surface area contributed by atoms with E-state index < -0.39 is 16.7 Å². The Balaban J connectivity index is 1.96. The molecule has 174 valence electrons. The Hall–Kier alpha value is -3.50. The van der Waals surface area contributed by atoms with Crippen LogP contribution in [-0.2, 0) is 4.79 Å². The van der Waals surface area contributed by atoms with Crippen molar-refractivity contribution in [3.05, 3.63) is 102 Å². The molecule has 0 fully saturated rings. The molecule has 2 amide bonds. The summed E-state index contributed by atoms with van der Waals surface area (Å²) in [6, 6.07) is 15.8. The van der Waals surface area contributed by atoms with E-state index in [-0.39, 0.29) is 16.9 Å². The van der Waals surface area contributed by atoms with Crippen molar-refractivity contribution in [2.24, 2.45) is 0 Å². The van der Waals surface area contributed by atoms with Crippen LogP contribution in [0.4, 0.5) is 11.4 Å². The second kappa shape index (κ2) is 11.1. The zero-order valence-corrected chi connectivity index (χ0v) is 21.3. The van der Waals surface area contributed by atoms with Gasteiger partial charge in [0.05, 0.1) is 17.6 Å². The van der Waals surface area contributed by atoms with Crippen molar-refractivity contribution in [1.82, 2.24) is 5.32 Å². The highest BCUT2D eigenvalue weighted by Gasteiger charge is 2.19. The predicted molar refractivity (Wildman–Crippen MR) is 137 cm³/mol. The summed E-state index contributed by atoms with van der Waals surface area (Å²) in [5, 5.41) is 16.3. The third-order valence-electron chi connectivity index (χ3n) is 4.73. The van der Waals surface area contributed by atoms with Gasteiger partial charge in [-0.25, -0.2) is 0 Å². The van der Waals surface area contributed by atoms with Crippen molar-refractivity contribution in [3.63, 3.8) is 0 Å². The maximum absolute atomic E-state index is 13.1. The number of nitro groups is 1. The number of hydrogen-bond acceptors (Lipinski definition) is 5. The number of ether oxygens (including phenoxy) is 1. The molecule has 10 heteroatoms. The molecule has 0 aliphatic heterocycles. The van der Waals surface area contributed by atoms with Crippen LogP contribution in [0.15, 0.2) is 75.3 Å². The Labute approximate surface area is 212 Å². The first-order chi connectivity index (χ1) is 16.2. The van der Waals surface area contributed by atoms with E-state index >= 15 is 0 Å². The Bertz CT molecular complexity index is 1290. The molecule has 0 saturated heterocycles. The first-order valence-corrected chi connectivity index (χ1v) is 11.4. The third-order valence-corrected chi connectivity index (χ3v) is 6.11. The monoisotopic (exact) mass is 587 g/mol. The quantitative estimate of drug-likeness (QED) is 0.204. The molecule has 34 heavy (non-hydrogen) atoms. The van der Waals surface area contributed by atoms with Gasteiger partial charge in [0.2, 0.25) is 0 Å². The lowest BCUT2D eigenvalue weighted by Crippen LogP contribution is -2.31. The summed E-state index contributed by atoms with van der Waals surface area (Å²) in [5.41, 5.74) is 2.03. The number of carbonyl (C=O) groups excluding carboxylic acids is 2. The van der Waals surface area contributed by atoms with Crippen LogP contribution in [0.3, 0.4) is 0 Å². The maximum Gasteiger partial charge on any atom is 0.272 e. The zero-order valence-electron chi connectivity index (χ0n) is 18.1. The van der Waals surface area contributed by atoms with Gasteiger partial charge in [0.15, 0.2) is 0 Å². The fraction of sp³-hybridized carbons (Fsp3) is 0.0833. The van der Waals surface area contributed by atoms with E-state index in [9.17, 15) is 19.7 Å². The molecule has 0 aromatic heterocycles. The number of nitrogens with zero attached hydrogens (tertiary/aromatic N) is 1. The molecule has 0 radical (unpaired) electrons. The predicted octanol–water partition coefficient (Wildman–Crippen LogP) is 5.85. The number of hydrogen-bond donors (Lipinski definition) is 2. The van der Waals surface area contributed by atoms with Crippen molar-refractivity contribution >= 4 is 61.1 Å². The SMILES string of the molecule is COc1ccc(Br)cc1C(=O)NC(=Cc1ccc([N+](=O)[O-])cc1)C(=O)Nc1ccc(Br)c(C)c1. The standard InChI is InChI=1S/C24H19Br2N3O5/c1-14-11-17(6-9-20(14)26)27-24(31)21(12-15-3-7-18(8-4-15)29(32)33)28-23(30)19-13-16(25)5-10-22(19)34-2/h3-13H,1-2H3,(H,27,31)(H,28,30). The Morgan fingerprint density at radius 3 is 2.35 bits per heavy atom. The van der Waals surface area contributed by atoms with E-state index in [0.29, 0.717) is 21.5 Å². The van der Waals surface area contributed by atoms with Gasteiger partial charge in [0, 0.05) is 26.8 Å². The van der Waals surface area contributed by atoms with Gasteiger partial charge >= 0.3 is 0 Å². The molecular formula is C24H19Br2N3O5. The number of nitro benzene ring substituents is 1. The first kappa shape index (κ1) is 25.1. The van der Waals surface area contributed by atoms with Gasteiger partial charge in [-0.05, 0) is 72.7 Å². The fourth-order valence-electron chi connectivity index (χ4n) is 2.99. The second-order valence-corrected chi connectivity index (χ2v) is 8.89. The molecule has 0 unspecified atom stereocenters. The molecule has 0 atom stereocenters. The number of aryl methyl sites for hydroxylation is 1. The third kappa shape index (κ3) is 6.30. The number of amides is 2. The molecule has 0 heterocycles. The Morgan fingerprint density at radius 1 is 1.03 bits per heavy atom. The number of nitrogens with one attached hydrogen (secondary N) is 2. The van der Waals surface area contributed by atoms with Crippen LogP contribution in [0.1, 0.15) is 21.5 Å². The lowest BCUT2D eigenvalue weighted by molar-refractivity contribution is -0.384. The summed E-state index contributed by atoms with van der Waals surface area (Å²) in [5.74, 6) is -0.796. The number of halogens is 2. The lowest BCUT2D eigenvalue weighted by atomic mass is 10.1. The molecule has 0 spiro atoms. The minimum absolute atomic E-state index is 0.0542. The van der Waals surface area contributed by atoms with Crippen LogP contribution in [0.2, 0.25) is 0 Å². The summed E-state index contributed by atoms with van der Waals surface area (Å²) in [6.45, 7) is 1.88. The largest absolute Gasteiger partial charge is 0.496 e. The fourth-order valence-corrected chi connectivity index (χ4v) is 3.59. The van der Waals surface area contributed by atoms with Crippen LogP contribution >= 0.6 is 31.9 Å². The topological polar surface area (TPSA) is 111 Å². The zero-order chi connectivity index (χ0) is 24.8. The van der Waals surface area contributed by atoms with Gasteiger partial charge in [0.25, 0.3) is 17.5 Å². The summed E-state index contributed by atoms with van der Waals surface area (Å²) in [7, 11) is 1.44. The second-order valence-electron chi connectivity index (χ2n) is 7.12. The minimum atomic E-state index is -0.567. The van der Waals surface area contributed by atoms with E-state index in [0.717, 1.165) is 10.0 Å². The van der Waals surface area contributed by atoms with Gasteiger partial charge in [-0.3, -0.25) is 19.7 Å². The van der Waals surface area contributed by atoms with Gasteiger partial charge in [-0.1, -0.05) is 31.9 Å². The van der Waals surface area contributed by atoms with Crippen molar-refractivity contribution in [2.75, 3.05) is 12.4 Å². The molecule has 3 rings (SSSR count). The highest BCUT2D eigenvalue weighted by atomic mass is 79.9. The molecule has 0 bridgehead atoms. The molecule has 3 aromatic rings. The Kier molecular flexibility index (Phi) is 8.19. The molecular weight excluding hydrogens is 570 g/mol. The van der Waals surface area contributed by atoms with Gasteiger partial charge in [0.1, 0.15) is 11.4 Å². The van der Waals surface area contributed by atoms with Crippen LogP contribution < -0.4 is 15.4 Å². The van der Waals surface area contributed by atoms with E-state index in [2.05, 4.69) is 42.5 Å². The smallest absolute Gasteiger partial charge is 0.272 e. The Morgan fingerprint density at radius 2 is 1.74 bits per heavy atom. The molecule has 3 aromatic carbocycles. The number of carbonyl (C=O) groups is 2. The number of benzene rings is 3. The van der Waals surface area contributed by atoms with Crippen molar-refractivity contribution in [1.29, 1.82) is 0 Å². The normalized spacial score (nSPS) is 11.0. The number of methoxy groups -OCH3 is 1. The summed E-state index contributed by atoms with van der Waals surface area (Å²) in [6.07, 6.45) is 1.44. The number of rotatable bonds is 7. The highest BCUT2D eigenvalue weighted by Crippen LogP contribution is 2.24. The van der Waals surface area contributed by atoms with E-state index in [1.165, 1.54) is 37.5 Å². The highest BCUT2D eigenvalue weighted by molar-refractivity contribution is 9.10. The van der Waals surface area contributed by atoms with E-state index in [1.54, 1.807) is 36.4 Å². The molecule has 2 N–H and O–H groups in total. The molecule has 0 aliphatic carbocycles. The van der Waals surface area contributed by atoms with E-state index in [4.69, 9.17) is 4.74 Å². The molecule has 8 nitrogen and oxygen atoms in total. The van der Waals surface area contributed by atoms with Crippen LogP contribution in [-0.4, -0.2) is 23.8 Å². The van der Waals surface area contributed by atoms with Crippen LogP contribution in [0.5, 0.6) is 5.75 Å². The average Bonchev–Trinajstić information content (AvgIpc) is 2.81. The maximum atomic E-state index is 13.1. The van der Waals surface area contributed by atoms with Gasteiger partial charge < -0.3 is 15.4 Å². The molecule has 0 saturated carbocycles. The van der Waals surface area contributed by atoms with E-state index in [1.807, 2.05) is 6.92 Å². The van der Waals surface area contributed by atoms with Crippen molar-refractivity contribution < 1.29 is 19.2 Å². The van der Waals surface area contributed by atoms with Crippen LogP contribution in [0.25, 0.3) is 6.08 Å². The molecule has 0 aliphatic rings. The lowest BCUT2D eigenvalue weighted by Gasteiger charge is -2.14. The average molecular weight is 589 g/mol. The summed E-state index contributed by atoms with van der Waals surface area (Å²) < 4.78 is 6.82. The summed E-state index contributed by atoms with van der Waals surface area (Å²) >= 11 is 6.75. The first-order valence-electron chi connectivity index (χ1n) is 9.86. The van der Waals surface area contributed by atoms with Crippen molar-refractivity contribution in [3.8, 4) is 5.75 Å². The minimum Gasteiger partial charge on any atom is -0.496 e. The van der Waals surface area contributed by atoms with Gasteiger partial charge in [-0.15, -0.1) is 0 Å². The number of anilines is 1. The van der Waals surface area contributed by atoms with Gasteiger partial charge in [-0.2, -0.15) is 0 Å².